The molecule has 7 nitrogen and oxygen atoms in total. The fourth-order valence-electron chi connectivity index (χ4n) is 1.83. The van der Waals surface area contributed by atoms with Gasteiger partial charge in [0.25, 0.3) is 0 Å². The molecule has 0 unspecified atom stereocenters. The van der Waals surface area contributed by atoms with Gasteiger partial charge in [0.1, 0.15) is 5.82 Å². The summed E-state index contributed by atoms with van der Waals surface area (Å²) >= 11 is 1.23. The van der Waals surface area contributed by atoms with Gasteiger partial charge in [-0.3, -0.25) is 10.1 Å². The number of benzene rings is 1. The number of nitrogens with zero attached hydrogens (tertiary/aromatic N) is 3. The third-order valence-electron chi connectivity index (χ3n) is 2.98. The lowest BCUT2D eigenvalue weighted by Crippen LogP contribution is -2.39. The summed E-state index contributed by atoms with van der Waals surface area (Å²) in [6.45, 7) is 4.15. The van der Waals surface area contributed by atoms with E-state index in [1.165, 1.54) is 11.8 Å². The van der Waals surface area contributed by atoms with Gasteiger partial charge in [-0.15, -0.1) is 10.2 Å². The Morgan fingerprint density at radius 3 is 2.64 bits per heavy atom. The van der Waals surface area contributed by atoms with Crippen LogP contribution in [0.4, 0.5) is 4.79 Å². The standard InChI is InChI=1S/C14H17N5O2S/c1-9(12(20)16-13(15)21)22-14-18-17-10(2)19(14)8-11-6-4-3-5-7-11/h3-7,9H,8H2,1-2H3,(H3,15,16,20,21)/t9-/m1/s1. The molecule has 8 heteroatoms. The minimum absolute atomic E-state index is 0.454. The van der Waals surface area contributed by atoms with Crippen molar-refractivity contribution >= 4 is 23.7 Å². The number of nitrogens with one attached hydrogen (secondary N) is 1. The highest BCUT2D eigenvalue weighted by atomic mass is 32.2. The maximum Gasteiger partial charge on any atom is 0.318 e. The highest BCUT2D eigenvalue weighted by Crippen LogP contribution is 2.23. The Bertz CT molecular complexity index is 671. The largest absolute Gasteiger partial charge is 0.351 e. The van der Waals surface area contributed by atoms with Crippen LogP contribution in [0.15, 0.2) is 35.5 Å². The Morgan fingerprint density at radius 2 is 2.00 bits per heavy atom. The second-order valence-corrected chi connectivity index (χ2v) is 6.02. The molecule has 116 valence electrons. The van der Waals surface area contributed by atoms with Crippen LogP contribution in [-0.4, -0.2) is 32.0 Å². The molecule has 0 saturated heterocycles. The molecule has 0 aliphatic carbocycles. The lowest BCUT2D eigenvalue weighted by atomic mass is 10.2. The second kappa shape index (κ2) is 7.08. The molecule has 0 aliphatic heterocycles. The zero-order valence-electron chi connectivity index (χ0n) is 12.3. The number of thioether (sulfide) groups is 1. The molecular formula is C14H17N5O2S. The Balaban J connectivity index is 2.12. The second-order valence-electron chi connectivity index (χ2n) is 4.72. The van der Waals surface area contributed by atoms with E-state index in [1.807, 2.05) is 41.8 Å². The van der Waals surface area contributed by atoms with Crippen molar-refractivity contribution in [2.75, 3.05) is 0 Å². The molecule has 0 saturated carbocycles. The quantitative estimate of drug-likeness (QED) is 0.809. The Morgan fingerprint density at radius 1 is 1.32 bits per heavy atom. The number of carbonyl (C=O) groups excluding carboxylic acids is 2. The predicted octanol–water partition coefficient (Wildman–Crippen LogP) is 1.31. The number of hydrogen-bond acceptors (Lipinski definition) is 5. The summed E-state index contributed by atoms with van der Waals surface area (Å²) in [4.78, 5) is 22.5. The summed E-state index contributed by atoms with van der Waals surface area (Å²) in [5.74, 6) is 0.304. The van der Waals surface area contributed by atoms with E-state index in [0.717, 1.165) is 11.4 Å². The fourth-order valence-corrected chi connectivity index (χ4v) is 2.73. The van der Waals surface area contributed by atoms with Crippen LogP contribution in [0.2, 0.25) is 0 Å². The molecule has 1 aromatic carbocycles. The lowest BCUT2D eigenvalue weighted by Gasteiger charge is -2.12. The summed E-state index contributed by atoms with van der Waals surface area (Å²) in [6, 6.07) is 9.04. The van der Waals surface area contributed by atoms with Gasteiger partial charge < -0.3 is 10.3 Å². The molecule has 1 atom stereocenters. The van der Waals surface area contributed by atoms with Gasteiger partial charge in [0.15, 0.2) is 5.16 Å². The maximum absolute atomic E-state index is 11.7. The van der Waals surface area contributed by atoms with Crippen LogP contribution in [0, 0.1) is 6.92 Å². The number of hydrogen-bond donors (Lipinski definition) is 2. The topological polar surface area (TPSA) is 103 Å². The average molecular weight is 319 g/mol. The first-order chi connectivity index (χ1) is 10.5. The van der Waals surface area contributed by atoms with Crippen molar-refractivity contribution in [3.05, 3.63) is 41.7 Å². The summed E-state index contributed by atoms with van der Waals surface area (Å²) in [7, 11) is 0. The van der Waals surface area contributed by atoms with Crippen molar-refractivity contribution in [1.29, 1.82) is 0 Å². The highest BCUT2D eigenvalue weighted by Gasteiger charge is 2.20. The third kappa shape index (κ3) is 4.08. The van der Waals surface area contributed by atoms with Crippen LogP contribution < -0.4 is 11.1 Å². The van der Waals surface area contributed by atoms with E-state index in [2.05, 4.69) is 15.5 Å². The van der Waals surface area contributed by atoms with Gasteiger partial charge in [-0.2, -0.15) is 0 Å². The van der Waals surface area contributed by atoms with Crippen LogP contribution in [0.3, 0.4) is 0 Å². The van der Waals surface area contributed by atoms with Crippen LogP contribution in [0.5, 0.6) is 0 Å². The monoisotopic (exact) mass is 319 g/mol. The number of imide groups is 1. The first-order valence-corrected chi connectivity index (χ1v) is 7.56. The van der Waals surface area contributed by atoms with Gasteiger partial charge in [-0.05, 0) is 19.4 Å². The molecule has 2 rings (SSSR count). The van der Waals surface area contributed by atoms with Gasteiger partial charge in [-0.1, -0.05) is 42.1 Å². The fraction of sp³-hybridized carbons (Fsp3) is 0.286. The lowest BCUT2D eigenvalue weighted by molar-refractivity contribution is -0.119. The molecule has 1 heterocycles. The molecule has 0 bridgehead atoms. The summed E-state index contributed by atoms with van der Waals surface area (Å²) in [6.07, 6.45) is 0. The van der Waals surface area contributed by atoms with Crippen molar-refractivity contribution in [1.82, 2.24) is 20.1 Å². The first-order valence-electron chi connectivity index (χ1n) is 6.68. The predicted molar refractivity (Wildman–Crippen MR) is 83.3 cm³/mol. The van der Waals surface area contributed by atoms with Gasteiger partial charge in [-0.25, -0.2) is 4.79 Å². The molecule has 0 spiro atoms. The number of nitrogens with two attached hydrogens (primary N) is 1. The third-order valence-corrected chi connectivity index (χ3v) is 4.06. The molecule has 22 heavy (non-hydrogen) atoms. The molecule has 0 fully saturated rings. The molecule has 3 N–H and O–H groups in total. The maximum atomic E-state index is 11.7. The van der Waals surface area contributed by atoms with E-state index in [0.29, 0.717) is 11.7 Å². The number of primary amides is 1. The number of carbonyl (C=O) groups is 2. The number of urea groups is 1. The van der Waals surface area contributed by atoms with E-state index in [9.17, 15) is 9.59 Å². The Labute approximate surface area is 132 Å². The molecule has 0 aliphatic rings. The minimum atomic E-state index is -0.862. The van der Waals surface area contributed by atoms with Crippen molar-refractivity contribution < 1.29 is 9.59 Å². The van der Waals surface area contributed by atoms with E-state index in [4.69, 9.17) is 5.73 Å². The van der Waals surface area contributed by atoms with Crippen molar-refractivity contribution in [3.8, 4) is 0 Å². The van der Waals surface area contributed by atoms with Crippen molar-refractivity contribution in [2.45, 2.75) is 30.8 Å². The minimum Gasteiger partial charge on any atom is -0.351 e. The van der Waals surface area contributed by atoms with E-state index in [-0.39, 0.29) is 0 Å². The smallest absolute Gasteiger partial charge is 0.318 e. The summed E-state index contributed by atoms with van der Waals surface area (Å²) in [5.41, 5.74) is 6.06. The molecule has 0 radical (unpaired) electrons. The van der Waals surface area contributed by atoms with Crippen molar-refractivity contribution in [3.63, 3.8) is 0 Å². The van der Waals surface area contributed by atoms with Crippen molar-refractivity contribution in [2.24, 2.45) is 5.73 Å². The summed E-state index contributed by atoms with van der Waals surface area (Å²) in [5, 5.41) is 10.3. The normalized spacial score (nSPS) is 11.9. The van der Waals surface area contributed by atoms with Crippen LogP contribution in [-0.2, 0) is 11.3 Å². The first kappa shape index (κ1) is 16.0. The van der Waals surface area contributed by atoms with Gasteiger partial charge in [0.2, 0.25) is 5.91 Å². The van der Waals surface area contributed by atoms with E-state index < -0.39 is 17.2 Å². The SMILES string of the molecule is Cc1nnc(S[C@H](C)C(=O)NC(N)=O)n1Cc1ccccc1. The Kier molecular flexibility index (Phi) is 5.16. The summed E-state index contributed by atoms with van der Waals surface area (Å²) < 4.78 is 1.92. The van der Waals surface area contributed by atoms with Gasteiger partial charge >= 0.3 is 6.03 Å². The number of rotatable bonds is 5. The molecular weight excluding hydrogens is 302 g/mol. The average Bonchev–Trinajstić information content (AvgIpc) is 2.80. The van der Waals surface area contributed by atoms with Crippen LogP contribution >= 0.6 is 11.8 Å². The number of aryl methyl sites for hydroxylation is 1. The van der Waals surface area contributed by atoms with Crippen LogP contribution in [0.25, 0.3) is 0 Å². The zero-order chi connectivity index (χ0) is 16.1. The molecule has 3 amide bonds. The highest BCUT2D eigenvalue weighted by molar-refractivity contribution is 8.00. The van der Waals surface area contributed by atoms with E-state index in [1.54, 1.807) is 6.92 Å². The van der Waals surface area contributed by atoms with E-state index >= 15 is 0 Å². The number of amides is 3. The van der Waals surface area contributed by atoms with Gasteiger partial charge in [0, 0.05) is 0 Å². The Hall–Kier alpha value is -2.35. The zero-order valence-corrected chi connectivity index (χ0v) is 13.1. The molecule has 1 aromatic heterocycles. The van der Waals surface area contributed by atoms with Crippen LogP contribution in [0.1, 0.15) is 18.3 Å². The molecule has 2 aromatic rings. The number of aromatic nitrogens is 3. The van der Waals surface area contributed by atoms with Gasteiger partial charge in [0.05, 0.1) is 11.8 Å².